The van der Waals surface area contributed by atoms with E-state index < -0.39 is 0 Å². The molecule has 0 bridgehead atoms. The monoisotopic (exact) mass is 907 g/mol. The minimum atomic E-state index is 1.03. The quantitative estimate of drug-likeness (QED) is 0.0609. The van der Waals surface area contributed by atoms with E-state index in [2.05, 4.69) is 26.8 Å². The van der Waals surface area contributed by atoms with Gasteiger partial charge in [0.2, 0.25) is 0 Å². The Morgan fingerprint density at radius 3 is 0.538 bits per heavy atom. The number of aryl methyl sites for hydroxylation is 3. The Labute approximate surface area is 411 Å². The third-order valence-electron chi connectivity index (χ3n) is 14.9. The predicted molar refractivity (Wildman–Crippen MR) is 295 cm³/mol. The van der Waals surface area contributed by atoms with E-state index in [1.165, 1.54) is 345 Å². The summed E-state index contributed by atoms with van der Waals surface area (Å²) in [6.07, 6.45) is 80.0. The van der Waals surface area contributed by atoms with Gasteiger partial charge in [-0.1, -0.05) is 342 Å². The second-order valence-electron chi connectivity index (χ2n) is 21.7. The fourth-order valence-electron chi connectivity index (χ4n) is 10.4. The third kappa shape index (κ3) is 47.9. The fourth-order valence-corrected chi connectivity index (χ4v) is 10.4. The molecular weight excluding hydrogens is 785 g/mol. The maximum absolute atomic E-state index is 4.99. The van der Waals surface area contributed by atoms with Crippen molar-refractivity contribution in [2.75, 3.05) is 0 Å². The second-order valence-corrected chi connectivity index (χ2v) is 21.7. The van der Waals surface area contributed by atoms with E-state index in [4.69, 9.17) is 9.97 Å². The average molecular weight is 908 g/mol. The number of aromatic nitrogens is 2. The van der Waals surface area contributed by atoms with Gasteiger partial charge in [0.25, 0.3) is 0 Å². The van der Waals surface area contributed by atoms with E-state index in [-0.39, 0.29) is 0 Å². The van der Waals surface area contributed by atoms with Crippen LogP contribution in [0.3, 0.4) is 0 Å². The molecular formula is C63H122N2. The van der Waals surface area contributed by atoms with Crippen LogP contribution in [0.1, 0.15) is 378 Å². The molecule has 1 aromatic heterocycles. The third-order valence-corrected chi connectivity index (χ3v) is 14.9. The molecule has 0 aliphatic rings. The van der Waals surface area contributed by atoms with Crippen molar-refractivity contribution in [2.45, 2.75) is 380 Å². The van der Waals surface area contributed by atoms with Gasteiger partial charge in [0.15, 0.2) is 0 Å². The largest absolute Gasteiger partial charge is 0.238 e. The van der Waals surface area contributed by atoms with Gasteiger partial charge in [-0.15, -0.1) is 0 Å². The maximum Gasteiger partial charge on any atom is 0.128 e. The molecule has 384 valence electrons. The molecule has 65 heavy (non-hydrogen) atoms. The predicted octanol–water partition coefficient (Wildman–Crippen LogP) is 22.8. The molecule has 0 aromatic carbocycles. The van der Waals surface area contributed by atoms with Crippen LogP contribution in [-0.2, 0) is 19.3 Å². The summed E-state index contributed by atoms with van der Waals surface area (Å²) in [6, 6.07) is 2.36. The highest BCUT2D eigenvalue weighted by Crippen LogP contribution is 2.19. The molecule has 0 aliphatic heterocycles. The molecule has 0 radical (unpaired) electrons. The molecule has 0 unspecified atom stereocenters. The van der Waals surface area contributed by atoms with Crippen molar-refractivity contribution in [3.8, 4) is 0 Å². The van der Waals surface area contributed by atoms with Crippen LogP contribution in [0.15, 0.2) is 6.07 Å². The van der Waals surface area contributed by atoms with Gasteiger partial charge in [-0.05, 0) is 38.2 Å². The van der Waals surface area contributed by atoms with E-state index in [0.29, 0.717) is 0 Å². The first kappa shape index (κ1) is 62.1. The van der Waals surface area contributed by atoms with Gasteiger partial charge in [0, 0.05) is 17.8 Å². The van der Waals surface area contributed by atoms with Crippen LogP contribution in [0, 0.1) is 0 Å². The Morgan fingerprint density at radius 2 is 0.369 bits per heavy atom. The Hall–Kier alpha value is -0.920. The van der Waals surface area contributed by atoms with Gasteiger partial charge in [-0.2, -0.15) is 0 Å². The smallest absolute Gasteiger partial charge is 0.128 e. The molecule has 1 rings (SSSR count). The zero-order valence-corrected chi connectivity index (χ0v) is 45.6. The van der Waals surface area contributed by atoms with E-state index in [1.807, 2.05) is 0 Å². The Bertz CT molecular complexity index is 944. The molecule has 2 heteroatoms. The lowest BCUT2D eigenvalue weighted by Gasteiger charge is -2.09. The highest BCUT2D eigenvalue weighted by molar-refractivity contribution is 5.12. The lowest BCUT2D eigenvalue weighted by molar-refractivity contribution is 0.515. The Morgan fingerprint density at radius 1 is 0.200 bits per heavy atom. The second kappa shape index (κ2) is 54.0. The van der Waals surface area contributed by atoms with Crippen LogP contribution >= 0.6 is 0 Å². The lowest BCUT2D eigenvalue weighted by Crippen LogP contribution is -2.04. The summed E-state index contributed by atoms with van der Waals surface area (Å²) in [5, 5.41) is 0. The molecule has 1 heterocycles. The first-order valence-corrected chi connectivity index (χ1v) is 31.2. The van der Waals surface area contributed by atoms with Crippen molar-refractivity contribution in [2.24, 2.45) is 0 Å². The first-order valence-electron chi connectivity index (χ1n) is 31.2. The zero-order valence-electron chi connectivity index (χ0n) is 45.6. The van der Waals surface area contributed by atoms with E-state index in [0.717, 1.165) is 31.5 Å². The number of rotatable bonds is 56. The van der Waals surface area contributed by atoms with Gasteiger partial charge in [-0.3, -0.25) is 0 Å². The van der Waals surface area contributed by atoms with Crippen molar-refractivity contribution in [1.82, 2.24) is 9.97 Å². The van der Waals surface area contributed by atoms with Gasteiger partial charge < -0.3 is 0 Å². The highest BCUT2D eigenvalue weighted by atomic mass is 14.9. The summed E-state index contributed by atoms with van der Waals surface area (Å²) in [5.41, 5.74) is 2.63. The first-order chi connectivity index (χ1) is 32.3. The SMILES string of the molecule is CCCCCCCCCCCCCCCCCCCCCCCCCCCCc1cc(CCCCCCCCCCCCCCCCCCCCCCCCCCCC)nc(CCC)n1. The van der Waals surface area contributed by atoms with Crippen LogP contribution in [0.25, 0.3) is 0 Å². The van der Waals surface area contributed by atoms with E-state index in [1.54, 1.807) is 0 Å². The number of nitrogens with zero attached hydrogens (tertiary/aromatic N) is 2. The fraction of sp³-hybridized carbons (Fsp3) is 0.937. The summed E-state index contributed by atoms with van der Waals surface area (Å²) < 4.78 is 0. The van der Waals surface area contributed by atoms with Crippen LogP contribution in [0.2, 0.25) is 0 Å². The normalized spacial score (nSPS) is 11.7. The zero-order chi connectivity index (χ0) is 46.5. The van der Waals surface area contributed by atoms with Gasteiger partial charge in [0.1, 0.15) is 5.82 Å². The van der Waals surface area contributed by atoms with Crippen LogP contribution in [0.4, 0.5) is 0 Å². The number of unbranched alkanes of at least 4 members (excludes halogenated alkanes) is 50. The topological polar surface area (TPSA) is 25.8 Å². The standard InChI is InChI=1S/C63H122N2/c1-4-7-9-11-13-15-17-19-21-23-25-27-29-31-33-35-37-39-41-43-45-47-49-51-53-55-58-61-60-62(65-63(64-61)57-6-3)59-56-54-52-50-48-46-44-42-40-38-36-34-32-30-28-26-24-22-20-18-16-14-12-10-8-5-2/h60H,4-59H2,1-3H3. The van der Waals surface area contributed by atoms with Gasteiger partial charge in [0.05, 0.1) is 0 Å². The molecule has 0 saturated heterocycles. The molecule has 0 aliphatic carbocycles. The Kier molecular flexibility index (Phi) is 51.6. The van der Waals surface area contributed by atoms with Crippen molar-refractivity contribution >= 4 is 0 Å². The van der Waals surface area contributed by atoms with Crippen molar-refractivity contribution in [3.63, 3.8) is 0 Å². The van der Waals surface area contributed by atoms with E-state index >= 15 is 0 Å². The van der Waals surface area contributed by atoms with E-state index in [9.17, 15) is 0 Å². The van der Waals surface area contributed by atoms with Crippen molar-refractivity contribution in [1.29, 1.82) is 0 Å². The summed E-state index contributed by atoms with van der Waals surface area (Å²) in [6.45, 7) is 6.89. The van der Waals surface area contributed by atoms with Crippen molar-refractivity contribution in [3.05, 3.63) is 23.3 Å². The number of hydrogen-bond acceptors (Lipinski definition) is 2. The molecule has 1 aromatic rings. The summed E-state index contributed by atoms with van der Waals surface area (Å²) >= 11 is 0. The molecule has 0 atom stereocenters. The summed E-state index contributed by atoms with van der Waals surface area (Å²) in [7, 11) is 0. The molecule has 0 saturated carbocycles. The van der Waals surface area contributed by atoms with Crippen LogP contribution in [0.5, 0.6) is 0 Å². The number of hydrogen-bond donors (Lipinski definition) is 0. The summed E-state index contributed by atoms with van der Waals surface area (Å²) in [4.78, 5) is 9.98. The van der Waals surface area contributed by atoms with Crippen molar-refractivity contribution < 1.29 is 0 Å². The van der Waals surface area contributed by atoms with Gasteiger partial charge >= 0.3 is 0 Å². The minimum Gasteiger partial charge on any atom is -0.238 e. The molecule has 2 nitrogen and oxygen atoms in total. The maximum atomic E-state index is 4.99. The molecule has 0 amide bonds. The van der Waals surface area contributed by atoms with Crippen LogP contribution in [-0.4, -0.2) is 9.97 Å². The summed E-state index contributed by atoms with van der Waals surface area (Å²) in [5.74, 6) is 1.10. The molecule has 0 N–H and O–H groups in total. The van der Waals surface area contributed by atoms with Crippen LogP contribution < -0.4 is 0 Å². The lowest BCUT2D eigenvalue weighted by atomic mass is 10.0. The molecule has 0 fully saturated rings. The molecule has 0 spiro atoms. The minimum absolute atomic E-state index is 1.03. The Balaban J connectivity index is 1.87. The van der Waals surface area contributed by atoms with Gasteiger partial charge in [-0.25, -0.2) is 9.97 Å². The highest BCUT2D eigenvalue weighted by Gasteiger charge is 2.06. The average Bonchev–Trinajstić information content (AvgIpc) is 3.31.